The number of rotatable bonds is 5. The Kier molecular flexibility index (Phi) is 6.38. The van der Waals surface area contributed by atoms with Crippen molar-refractivity contribution < 1.29 is 9.59 Å². The summed E-state index contributed by atoms with van der Waals surface area (Å²) in [7, 11) is 0. The fourth-order valence-corrected chi connectivity index (χ4v) is 4.01. The van der Waals surface area contributed by atoms with Gasteiger partial charge in [-0.3, -0.25) is 14.6 Å². The molecule has 30 heavy (non-hydrogen) atoms. The molecule has 2 aromatic carbocycles. The molecular formula is C25H27N3O2. The lowest BCUT2D eigenvalue weighted by Gasteiger charge is -2.16. The van der Waals surface area contributed by atoms with Crippen molar-refractivity contribution in [2.75, 3.05) is 6.54 Å². The van der Waals surface area contributed by atoms with E-state index in [1.807, 2.05) is 42.6 Å². The van der Waals surface area contributed by atoms with Gasteiger partial charge in [-0.2, -0.15) is 0 Å². The Balaban J connectivity index is 1.33. The van der Waals surface area contributed by atoms with E-state index in [1.165, 1.54) is 12.8 Å². The average molecular weight is 402 g/mol. The Morgan fingerprint density at radius 3 is 2.40 bits per heavy atom. The molecule has 4 rings (SSSR count). The van der Waals surface area contributed by atoms with Gasteiger partial charge in [0.2, 0.25) is 5.91 Å². The third-order valence-electron chi connectivity index (χ3n) is 5.70. The lowest BCUT2D eigenvalue weighted by atomic mass is 10.0. The highest BCUT2D eigenvalue weighted by atomic mass is 16.2. The first kappa shape index (κ1) is 20.1. The summed E-state index contributed by atoms with van der Waals surface area (Å²) in [6.45, 7) is 0.00563. The van der Waals surface area contributed by atoms with Crippen molar-refractivity contribution in [1.29, 1.82) is 0 Å². The highest BCUT2D eigenvalue weighted by Crippen LogP contribution is 2.23. The summed E-state index contributed by atoms with van der Waals surface area (Å²) >= 11 is 0. The number of hydrogen-bond acceptors (Lipinski definition) is 3. The van der Waals surface area contributed by atoms with Crippen LogP contribution in [0.1, 0.15) is 48.9 Å². The van der Waals surface area contributed by atoms with Crippen molar-refractivity contribution in [2.45, 2.75) is 44.6 Å². The molecule has 2 amide bonds. The number of fused-ring (bicyclic) bond motifs is 1. The molecule has 154 valence electrons. The van der Waals surface area contributed by atoms with Crippen LogP contribution in [0.2, 0.25) is 0 Å². The van der Waals surface area contributed by atoms with Gasteiger partial charge in [0.25, 0.3) is 5.91 Å². The van der Waals surface area contributed by atoms with Gasteiger partial charge in [0, 0.05) is 28.8 Å². The maximum absolute atomic E-state index is 12.4. The maximum atomic E-state index is 12.4. The third-order valence-corrected chi connectivity index (χ3v) is 5.70. The quantitative estimate of drug-likeness (QED) is 0.620. The number of benzene rings is 2. The van der Waals surface area contributed by atoms with Crippen molar-refractivity contribution in [2.24, 2.45) is 0 Å². The van der Waals surface area contributed by atoms with Gasteiger partial charge in [-0.05, 0) is 42.7 Å². The molecule has 1 fully saturated rings. The van der Waals surface area contributed by atoms with Crippen LogP contribution in [0.4, 0.5) is 0 Å². The average Bonchev–Trinajstić information content (AvgIpc) is 3.06. The van der Waals surface area contributed by atoms with Gasteiger partial charge >= 0.3 is 0 Å². The Morgan fingerprint density at radius 2 is 1.63 bits per heavy atom. The summed E-state index contributed by atoms with van der Waals surface area (Å²) in [5.41, 5.74) is 3.49. The normalized spacial score (nSPS) is 14.8. The van der Waals surface area contributed by atoms with Crippen molar-refractivity contribution in [1.82, 2.24) is 15.6 Å². The lowest BCUT2D eigenvalue weighted by Crippen LogP contribution is -2.41. The Labute approximate surface area is 176 Å². The summed E-state index contributed by atoms with van der Waals surface area (Å²) in [6.07, 6.45) is 8.72. The molecule has 0 saturated heterocycles. The number of hydrogen-bond donors (Lipinski definition) is 2. The molecular weight excluding hydrogens is 374 g/mol. The predicted octanol–water partition coefficient (Wildman–Crippen LogP) is 4.47. The van der Waals surface area contributed by atoms with Crippen LogP contribution >= 0.6 is 0 Å². The smallest absolute Gasteiger partial charge is 0.251 e. The molecule has 0 bridgehead atoms. The summed E-state index contributed by atoms with van der Waals surface area (Å²) in [6, 6.07) is 17.7. The van der Waals surface area contributed by atoms with Crippen molar-refractivity contribution in [3.8, 4) is 11.1 Å². The van der Waals surface area contributed by atoms with Gasteiger partial charge in [-0.1, -0.05) is 56.0 Å². The van der Waals surface area contributed by atoms with Crippen LogP contribution in [0.5, 0.6) is 0 Å². The number of para-hydroxylation sites is 1. The monoisotopic (exact) mass is 401 g/mol. The number of carbonyl (C=O) groups excluding carboxylic acids is 2. The number of aromatic nitrogens is 1. The first-order valence-corrected chi connectivity index (χ1v) is 10.7. The molecule has 0 unspecified atom stereocenters. The fraction of sp³-hybridized carbons (Fsp3) is 0.320. The van der Waals surface area contributed by atoms with Gasteiger partial charge in [0.15, 0.2) is 0 Å². The van der Waals surface area contributed by atoms with E-state index in [0.29, 0.717) is 5.56 Å². The molecule has 1 aromatic heterocycles. The summed E-state index contributed by atoms with van der Waals surface area (Å²) < 4.78 is 0. The first-order chi connectivity index (χ1) is 14.7. The first-order valence-electron chi connectivity index (χ1n) is 10.7. The third kappa shape index (κ3) is 5.03. The largest absolute Gasteiger partial charge is 0.352 e. The lowest BCUT2D eigenvalue weighted by molar-refractivity contribution is -0.120. The minimum absolute atomic E-state index is 0.00563. The highest BCUT2D eigenvalue weighted by molar-refractivity contribution is 5.97. The van der Waals surface area contributed by atoms with Gasteiger partial charge in [-0.25, -0.2) is 0 Å². The zero-order valence-electron chi connectivity index (χ0n) is 17.1. The van der Waals surface area contributed by atoms with E-state index in [9.17, 15) is 9.59 Å². The molecule has 1 saturated carbocycles. The Bertz CT molecular complexity index is 1020. The predicted molar refractivity (Wildman–Crippen MR) is 119 cm³/mol. The number of pyridine rings is 1. The Hall–Kier alpha value is -3.21. The minimum Gasteiger partial charge on any atom is -0.352 e. The number of amides is 2. The topological polar surface area (TPSA) is 71.1 Å². The van der Waals surface area contributed by atoms with E-state index in [4.69, 9.17) is 0 Å². The summed E-state index contributed by atoms with van der Waals surface area (Å²) in [5, 5.41) is 6.85. The second-order valence-electron chi connectivity index (χ2n) is 7.93. The molecule has 5 heteroatoms. The molecule has 0 aliphatic heterocycles. The zero-order valence-corrected chi connectivity index (χ0v) is 17.1. The van der Waals surface area contributed by atoms with E-state index < -0.39 is 0 Å². The molecule has 3 aromatic rings. The zero-order chi connectivity index (χ0) is 20.8. The van der Waals surface area contributed by atoms with Gasteiger partial charge < -0.3 is 10.6 Å². The van der Waals surface area contributed by atoms with Crippen LogP contribution in [0.25, 0.3) is 22.0 Å². The van der Waals surface area contributed by atoms with E-state index in [0.717, 1.165) is 47.7 Å². The van der Waals surface area contributed by atoms with Crippen LogP contribution < -0.4 is 10.6 Å². The van der Waals surface area contributed by atoms with Gasteiger partial charge in [-0.15, -0.1) is 0 Å². The molecule has 5 nitrogen and oxygen atoms in total. The standard InChI is InChI=1S/C25H27N3O2/c29-24(28-22-8-3-1-2-4-9-22)17-27-25(30)19-13-11-18(12-14-19)21-15-20-7-5-6-10-23(20)26-16-21/h5-7,10-16,22H,1-4,8-9,17H2,(H,27,30)(H,28,29). The fourth-order valence-electron chi connectivity index (χ4n) is 4.01. The van der Waals surface area contributed by atoms with Crippen molar-refractivity contribution in [3.05, 3.63) is 66.4 Å². The molecule has 0 radical (unpaired) electrons. The number of carbonyl (C=O) groups is 2. The molecule has 2 N–H and O–H groups in total. The summed E-state index contributed by atoms with van der Waals surface area (Å²) in [5.74, 6) is -0.358. The van der Waals surface area contributed by atoms with Crippen LogP contribution in [0.15, 0.2) is 60.8 Å². The molecule has 1 aliphatic rings. The van der Waals surface area contributed by atoms with E-state index in [-0.39, 0.29) is 24.4 Å². The van der Waals surface area contributed by atoms with Gasteiger partial charge in [0.1, 0.15) is 0 Å². The van der Waals surface area contributed by atoms with Crippen molar-refractivity contribution >= 4 is 22.7 Å². The van der Waals surface area contributed by atoms with Crippen LogP contribution in [0, 0.1) is 0 Å². The molecule has 0 atom stereocenters. The molecule has 1 aliphatic carbocycles. The number of nitrogens with one attached hydrogen (secondary N) is 2. The van der Waals surface area contributed by atoms with E-state index in [1.54, 1.807) is 12.1 Å². The minimum atomic E-state index is -0.241. The second kappa shape index (κ2) is 9.53. The highest BCUT2D eigenvalue weighted by Gasteiger charge is 2.15. The van der Waals surface area contributed by atoms with Crippen LogP contribution in [-0.2, 0) is 4.79 Å². The molecule has 0 spiro atoms. The van der Waals surface area contributed by atoms with E-state index >= 15 is 0 Å². The Morgan fingerprint density at radius 1 is 0.900 bits per heavy atom. The number of nitrogens with zero attached hydrogens (tertiary/aromatic N) is 1. The van der Waals surface area contributed by atoms with Crippen LogP contribution in [-0.4, -0.2) is 29.4 Å². The van der Waals surface area contributed by atoms with Crippen molar-refractivity contribution in [3.63, 3.8) is 0 Å². The molecule has 1 heterocycles. The maximum Gasteiger partial charge on any atom is 0.251 e. The second-order valence-corrected chi connectivity index (χ2v) is 7.93. The van der Waals surface area contributed by atoms with E-state index in [2.05, 4.69) is 21.7 Å². The van der Waals surface area contributed by atoms with Gasteiger partial charge in [0.05, 0.1) is 12.1 Å². The van der Waals surface area contributed by atoms with Crippen LogP contribution in [0.3, 0.4) is 0 Å². The SMILES string of the molecule is O=C(CNC(=O)c1ccc(-c2cnc3ccccc3c2)cc1)NC1CCCCCC1. The summed E-state index contributed by atoms with van der Waals surface area (Å²) in [4.78, 5) is 29.1.